The topological polar surface area (TPSA) is 63.8 Å². The van der Waals surface area contributed by atoms with E-state index in [-0.39, 0.29) is 0 Å². The molecule has 0 unspecified atom stereocenters. The minimum Gasteiger partial charge on any atom is -0.423 e. The summed E-state index contributed by atoms with van der Waals surface area (Å²) in [5.41, 5.74) is 2.95. The maximum Gasteiger partial charge on any atom is 0.247 e. The summed E-state index contributed by atoms with van der Waals surface area (Å²) in [7, 11) is 0. The zero-order chi connectivity index (χ0) is 13.1. The van der Waals surface area contributed by atoms with Gasteiger partial charge in [0.2, 0.25) is 12.3 Å². The second-order valence-corrected chi connectivity index (χ2v) is 5.10. The monoisotopic (exact) mass is 272 g/mol. The summed E-state index contributed by atoms with van der Waals surface area (Å²) in [5.74, 6) is 0.521. The van der Waals surface area contributed by atoms with Gasteiger partial charge in [0.15, 0.2) is 0 Å². The van der Waals surface area contributed by atoms with Crippen LogP contribution in [0, 0.1) is 6.92 Å². The van der Waals surface area contributed by atoms with Crippen molar-refractivity contribution in [3.8, 4) is 11.5 Å². The second kappa shape index (κ2) is 5.19. The van der Waals surface area contributed by atoms with E-state index in [0.29, 0.717) is 12.4 Å². The van der Waals surface area contributed by atoms with Crippen LogP contribution < -0.4 is 5.32 Å². The summed E-state index contributed by atoms with van der Waals surface area (Å²) in [6.07, 6.45) is 1.33. The van der Waals surface area contributed by atoms with Gasteiger partial charge in [0.1, 0.15) is 0 Å². The number of nitrogens with one attached hydrogen (secondary N) is 1. The van der Waals surface area contributed by atoms with E-state index in [1.54, 1.807) is 11.3 Å². The molecule has 0 amide bonds. The van der Waals surface area contributed by atoms with Crippen molar-refractivity contribution < 1.29 is 4.42 Å². The molecule has 2 aromatic heterocycles. The fourth-order valence-corrected chi connectivity index (χ4v) is 2.36. The van der Waals surface area contributed by atoms with Gasteiger partial charge in [-0.3, -0.25) is 0 Å². The van der Waals surface area contributed by atoms with Crippen LogP contribution in [0.1, 0.15) is 10.7 Å². The molecule has 0 saturated carbocycles. The number of benzene rings is 1. The minimum absolute atomic E-state index is 0.521. The van der Waals surface area contributed by atoms with E-state index in [4.69, 9.17) is 4.42 Å². The highest BCUT2D eigenvalue weighted by Gasteiger charge is 2.04. The fraction of sp³-hybridized carbons (Fsp3) is 0.154. The van der Waals surface area contributed by atoms with Gasteiger partial charge in [-0.1, -0.05) is 6.07 Å². The molecule has 0 radical (unpaired) electrons. The summed E-state index contributed by atoms with van der Waals surface area (Å²) in [4.78, 5) is 4.41. The van der Waals surface area contributed by atoms with Crippen molar-refractivity contribution in [3.63, 3.8) is 0 Å². The molecule has 0 spiro atoms. The molecule has 5 nitrogen and oxygen atoms in total. The predicted octanol–water partition coefficient (Wildman–Crippen LogP) is 3.11. The normalized spacial score (nSPS) is 10.6. The Hall–Kier alpha value is -2.21. The van der Waals surface area contributed by atoms with Crippen LogP contribution in [0.4, 0.5) is 5.69 Å². The highest BCUT2D eigenvalue weighted by molar-refractivity contribution is 7.09. The van der Waals surface area contributed by atoms with Gasteiger partial charge in [0.05, 0.1) is 17.2 Å². The molecule has 0 aliphatic rings. The first-order valence-corrected chi connectivity index (χ1v) is 6.71. The van der Waals surface area contributed by atoms with Crippen LogP contribution in [-0.4, -0.2) is 15.2 Å². The number of thiazole rings is 1. The molecule has 3 rings (SSSR count). The zero-order valence-electron chi connectivity index (χ0n) is 10.3. The molecule has 1 aromatic carbocycles. The Morgan fingerprint density at radius 1 is 1.37 bits per heavy atom. The Bertz CT molecular complexity index is 663. The third kappa shape index (κ3) is 2.79. The average Bonchev–Trinajstić information content (AvgIpc) is 3.08. The largest absolute Gasteiger partial charge is 0.423 e. The third-order valence-electron chi connectivity index (χ3n) is 2.61. The van der Waals surface area contributed by atoms with Crippen molar-refractivity contribution in [3.05, 3.63) is 46.7 Å². The lowest BCUT2D eigenvalue weighted by molar-refractivity contribution is 0.568. The van der Waals surface area contributed by atoms with Gasteiger partial charge >= 0.3 is 0 Å². The van der Waals surface area contributed by atoms with Crippen molar-refractivity contribution in [2.75, 3.05) is 5.32 Å². The van der Waals surface area contributed by atoms with Crippen molar-refractivity contribution in [1.29, 1.82) is 0 Å². The van der Waals surface area contributed by atoms with E-state index in [1.165, 1.54) is 6.39 Å². The molecular weight excluding hydrogens is 260 g/mol. The molecule has 2 heterocycles. The number of anilines is 1. The smallest absolute Gasteiger partial charge is 0.247 e. The Morgan fingerprint density at radius 3 is 3.05 bits per heavy atom. The summed E-state index contributed by atoms with van der Waals surface area (Å²) < 4.78 is 5.18. The summed E-state index contributed by atoms with van der Waals surface area (Å²) in [6, 6.07) is 7.87. The molecule has 6 heteroatoms. The first kappa shape index (κ1) is 11.9. The molecular formula is C13H12N4OS. The zero-order valence-corrected chi connectivity index (χ0v) is 11.1. The minimum atomic E-state index is 0.521. The lowest BCUT2D eigenvalue weighted by Gasteiger charge is -2.05. The second-order valence-electron chi connectivity index (χ2n) is 4.04. The maximum absolute atomic E-state index is 5.18. The quantitative estimate of drug-likeness (QED) is 0.790. The summed E-state index contributed by atoms with van der Waals surface area (Å²) in [5, 5.41) is 14.0. The predicted molar refractivity (Wildman–Crippen MR) is 73.9 cm³/mol. The van der Waals surface area contributed by atoms with Crippen LogP contribution in [0.25, 0.3) is 11.5 Å². The molecule has 19 heavy (non-hydrogen) atoms. The molecule has 0 fully saturated rings. The Morgan fingerprint density at radius 2 is 2.32 bits per heavy atom. The Labute approximate surface area is 114 Å². The average molecular weight is 272 g/mol. The van der Waals surface area contributed by atoms with Gasteiger partial charge in [-0.2, -0.15) is 0 Å². The first-order chi connectivity index (χ1) is 9.31. The van der Waals surface area contributed by atoms with Gasteiger partial charge in [-0.15, -0.1) is 21.5 Å². The third-order valence-corrected chi connectivity index (χ3v) is 3.43. The highest BCUT2D eigenvalue weighted by atomic mass is 32.1. The summed E-state index contributed by atoms with van der Waals surface area (Å²) >= 11 is 1.66. The lowest BCUT2D eigenvalue weighted by Crippen LogP contribution is -1.99. The molecule has 96 valence electrons. The Kier molecular flexibility index (Phi) is 3.24. The van der Waals surface area contributed by atoms with Gasteiger partial charge in [0.25, 0.3) is 0 Å². The highest BCUT2D eigenvalue weighted by Crippen LogP contribution is 2.20. The maximum atomic E-state index is 5.18. The number of rotatable bonds is 4. The molecule has 0 atom stereocenters. The van der Waals surface area contributed by atoms with E-state index in [2.05, 4.69) is 25.9 Å². The van der Waals surface area contributed by atoms with Crippen molar-refractivity contribution >= 4 is 17.0 Å². The van der Waals surface area contributed by atoms with E-state index in [1.807, 2.05) is 31.2 Å². The molecule has 0 saturated heterocycles. The van der Waals surface area contributed by atoms with Crippen LogP contribution in [0.15, 0.2) is 40.5 Å². The van der Waals surface area contributed by atoms with Gasteiger partial charge in [-0.05, 0) is 25.1 Å². The van der Waals surface area contributed by atoms with Gasteiger partial charge < -0.3 is 9.73 Å². The van der Waals surface area contributed by atoms with Gasteiger partial charge in [0, 0.05) is 16.6 Å². The van der Waals surface area contributed by atoms with Crippen molar-refractivity contribution in [2.45, 2.75) is 13.5 Å². The lowest BCUT2D eigenvalue weighted by atomic mass is 10.2. The molecule has 1 N–H and O–H groups in total. The number of hydrogen-bond acceptors (Lipinski definition) is 6. The number of aryl methyl sites for hydroxylation is 1. The molecule has 3 aromatic rings. The number of hydrogen-bond donors (Lipinski definition) is 1. The first-order valence-electron chi connectivity index (χ1n) is 5.83. The molecule has 0 aliphatic carbocycles. The molecule has 0 bridgehead atoms. The van der Waals surface area contributed by atoms with Gasteiger partial charge in [-0.25, -0.2) is 4.98 Å². The van der Waals surface area contributed by atoms with Crippen LogP contribution in [0.2, 0.25) is 0 Å². The van der Waals surface area contributed by atoms with E-state index >= 15 is 0 Å². The standard InChI is InChI=1S/C13H12N4OS/c1-9-16-12(7-19-9)6-14-11-4-2-3-10(5-11)13-17-15-8-18-13/h2-5,7-8,14H,6H2,1H3. The summed E-state index contributed by atoms with van der Waals surface area (Å²) in [6.45, 7) is 2.71. The van der Waals surface area contributed by atoms with E-state index in [9.17, 15) is 0 Å². The number of aromatic nitrogens is 3. The molecule has 0 aliphatic heterocycles. The van der Waals surface area contributed by atoms with Crippen molar-refractivity contribution in [1.82, 2.24) is 15.2 Å². The fourth-order valence-electron chi connectivity index (χ4n) is 1.74. The number of nitrogens with zero attached hydrogens (tertiary/aromatic N) is 3. The van der Waals surface area contributed by atoms with Crippen LogP contribution in [-0.2, 0) is 6.54 Å². The van der Waals surface area contributed by atoms with Crippen LogP contribution in [0.5, 0.6) is 0 Å². The van der Waals surface area contributed by atoms with Crippen molar-refractivity contribution in [2.24, 2.45) is 0 Å². The van der Waals surface area contributed by atoms with Crippen LogP contribution in [0.3, 0.4) is 0 Å². The van der Waals surface area contributed by atoms with E-state index in [0.717, 1.165) is 22.0 Å². The SMILES string of the molecule is Cc1nc(CNc2cccc(-c3nnco3)c2)cs1. The van der Waals surface area contributed by atoms with E-state index < -0.39 is 0 Å². The Balaban J connectivity index is 1.73. The van der Waals surface area contributed by atoms with Crippen LogP contribution >= 0.6 is 11.3 Å².